The third-order valence-electron chi connectivity index (χ3n) is 4.82. The first-order valence-corrected chi connectivity index (χ1v) is 9.80. The van der Waals surface area contributed by atoms with Crippen LogP contribution in [0.1, 0.15) is 12.2 Å². The number of halogens is 1. The van der Waals surface area contributed by atoms with Gasteiger partial charge < -0.3 is 14.0 Å². The van der Waals surface area contributed by atoms with Crippen molar-refractivity contribution in [2.75, 3.05) is 32.9 Å². The molecule has 1 aromatic heterocycles. The normalized spacial score (nSPS) is 15.3. The molecule has 6 heteroatoms. The van der Waals surface area contributed by atoms with E-state index >= 15 is 0 Å². The van der Waals surface area contributed by atoms with Gasteiger partial charge in [-0.25, -0.2) is 4.98 Å². The Morgan fingerprint density at radius 2 is 1.81 bits per heavy atom. The minimum Gasteiger partial charge on any atom is -0.492 e. The van der Waals surface area contributed by atoms with Crippen LogP contribution in [0.5, 0.6) is 5.75 Å². The summed E-state index contributed by atoms with van der Waals surface area (Å²) in [4.78, 5) is 7.28. The summed E-state index contributed by atoms with van der Waals surface area (Å²) in [6.45, 7) is 5.84. The number of imidazole rings is 1. The van der Waals surface area contributed by atoms with Gasteiger partial charge in [-0.3, -0.25) is 4.90 Å². The van der Waals surface area contributed by atoms with Crippen LogP contribution in [0.2, 0.25) is 5.02 Å². The lowest BCUT2D eigenvalue weighted by atomic mass is 10.3. The van der Waals surface area contributed by atoms with Gasteiger partial charge in [-0.2, -0.15) is 0 Å². The van der Waals surface area contributed by atoms with Crippen LogP contribution < -0.4 is 4.74 Å². The van der Waals surface area contributed by atoms with Crippen LogP contribution in [-0.2, 0) is 17.8 Å². The Labute approximate surface area is 164 Å². The summed E-state index contributed by atoms with van der Waals surface area (Å²) in [5.74, 6) is 1.85. The number of nitrogens with zero attached hydrogens (tertiary/aromatic N) is 3. The standard InChI is InChI=1S/C21H24ClN3O2/c22-17-6-1-4-9-20(17)27-13-5-10-25-19-8-3-2-7-18(19)23-21(25)16-24-11-14-26-15-12-24/h1-4,6-9H,5,10-16H2. The van der Waals surface area contributed by atoms with E-state index in [0.717, 1.165) is 62.9 Å². The van der Waals surface area contributed by atoms with E-state index in [2.05, 4.69) is 27.7 Å². The molecule has 1 fully saturated rings. The second-order valence-electron chi connectivity index (χ2n) is 6.69. The molecule has 5 nitrogen and oxygen atoms in total. The van der Waals surface area contributed by atoms with Gasteiger partial charge in [0, 0.05) is 19.6 Å². The van der Waals surface area contributed by atoms with Crippen LogP contribution in [0.4, 0.5) is 0 Å². The van der Waals surface area contributed by atoms with Crippen LogP contribution in [0.15, 0.2) is 48.5 Å². The molecule has 2 heterocycles. The fourth-order valence-electron chi connectivity index (χ4n) is 3.42. The zero-order chi connectivity index (χ0) is 18.5. The first kappa shape index (κ1) is 18.3. The lowest BCUT2D eigenvalue weighted by Crippen LogP contribution is -2.36. The van der Waals surface area contributed by atoms with Gasteiger partial charge in [0.05, 0.1) is 42.4 Å². The van der Waals surface area contributed by atoms with Gasteiger partial charge in [-0.15, -0.1) is 0 Å². The van der Waals surface area contributed by atoms with Gasteiger partial charge in [0.1, 0.15) is 11.6 Å². The highest BCUT2D eigenvalue weighted by Gasteiger charge is 2.16. The van der Waals surface area contributed by atoms with Crippen molar-refractivity contribution in [1.82, 2.24) is 14.5 Å². The number of morpholine rings is 1. The summed E-state index contributed by atoms with van der Waals surface area (Å²) < 4.78 is 13.6. The minimum atomic E-state index is 0.618. The molecule has 0 spiro atoms. The largest absolute Gasteiger partial charge is 0.492 e. The summed E-state index contributed by atoms with van der Waals surface area (Å²) in [7, 11) is 0. The van der Waals surface area contributed by atoms with Crippen molar-refractivity contribution < 1.29 is 9.47 Å². The van der Waals surface area contributed by atoms with E-state index in [0.29, 0.717) is 11.6 Å². The first-order chi connectivity index (χ1) is 13.3. The van der Waals surface area contributed by atoms with Gasteiger partial charge in [0.25, 0.3) is 0 Å². The first-order valence-electron chi connectivity index (χ1n) is 9.43. The van der Waals surface area contributed by atoms with Gasteiger partial charge in [-0.05, 0) is 30.7 Å². The van der Waals surface area contributed by atoms with Crippen LogP contribution in [0, 0.1) is 0 Å². The van der Waals surface area contributed by atoms with Crippen molar-refractivity contribution in [1.29, 1.82) is 0 Å². The van der Waals surface area contributed by atoms with Gasteiger partial charge in [0.2, 0.25) is 0 Å². The Balaban J connectivity index is 1.44. The smallest absolute Gasteiger partial charge is 0.137 e. The second kappa shape index (κ2) is 8.74. The molecule has 1 aliphatic heterocycles. The summed E-state index contributed by atoms with van der Waals surface area (Å²) in [6, 6.07) is 15.9. The van der Waals surface area contributed by atoms with Crippen molar-refractivity contribution >= 4 is 22.6 Å². The van der Waals surface area contributed by atoms with Crippen molar-refractivity contribution in [3.63, 3.8) is 0 Å². The Morgan fingerprint density at radius 3 is 2.67 bits per heavy atom. The quantitative estimate of drug-likeness (QED) is 0.576. The molecule has 0 atom stereocenters. The molecule has 0 bridgehead atoms. The predicted octanol–water partition coefficient (Wildman–Crippen LogP) is 3.99. The van der Waals surface area contributed by atoms with E-state index in [1.165, 1.54) is 5.52 Å². The molecular formula is C21H24ClN3O2. The Morgan fingerprint density at radius 1 is 1.04 bits per heavy atom. The van der Waals surface area contributed by atoms with E-state index in [1.807, 2.05) is 30.3 Å². The molecular weight excluding hydrogens is 362 g/mol. The third-order valence-corrected chi connectivity index (χ3v) is 5.13. The number of ether oxygens (including phenoxy) is 2. The maximum absolute atomic E-state index is 6.16. The molecule has 27 heavy (non-hydrogen) atoms. The van der Waals surface area contributed by atoms with Crippen LogP contribution in [0.25, 0.3) is 11.0 Å². The molecule has 0 N–H and O–H groups in total. The molecule has 0 amide bonds. The Kier molecular flexibility index (Phi) is 5.92. The maximum atomic E-state index is 6.16. The average Bonchev–Trinajstić information content (AvgIpc) is 3.04. The van der Waals surface area contributed by atoms with Crippen molar-refractivity contribution in [3.8, 4) is 5.75 Å². The number of rotatable bonds is 7. The summed E-state index contributed by atoms with van der Waals surface area (Å²) >= 11 is 6.16. The van der Waals surface area contributed by atoms with E-state index < -0.39 is 0 Å². The number of aryl methyl sites for hydroxylation is 1. The Bertz CT molecular complexity index is 890. The van der Waals surface area contributed by atoms with Crippen molar-refractivity contribution in [3.05, 3.63) is 59.4 Å². The zero-order valence-electron chi connectivity index (χ0n) is 15.3. The molecule has 0 aliphatic carbocycles. The van der Waals surface area contributed by atoms with Gasteiger partial charge in [-0.1, -0.05) is 35.9 Å². The second-order valence-corrected chi connectivity index (χ2v) is 7.10. The van der Waals surface area contributed by atoms with Crippen molar-refractivity contribution in [2.45, 2.75) is 19.5 Å². The molecule has 4 rings (SSSR count). The number of benzene rings is 2. The van der Waals surface area contributed by atoms with E-state index in [1.54, 1.807) is 0 Å². The monoisotopic (exact) mass is 385 g/mol. The van der Waals surface area contributed by atoms with Crippen LogP contribution in [0.3, 0.4) is 0 Å². The Hall–Kier alpha value is -2.08. The highest BCUT2D eigenvalue weighted by Crippen LogP contribution is 2.23. The number of hydrogen-bond acceptors (Lipinski definition) is 4. The average molecular weight is 386 g/mol. The zero-order valence-corrected chi connectivity index (χ0v) is 16.1. The van der Waals surface area contributed by atoms with Crippen LogP contribution >= 0.6 is 11.6 Å². The summed E-state index contributed by atoms with van der Waals surface area (Å²) in [6.07, 6.45) is 0.891. The van der Waals surface area contributed by atoms with Crippen LogP contribution in [-0.4, -0.2) is 47.4 Å². The molecule has 1 aliphatic rings. The number of fused-ring (bicyclic) bond motifs is 1. The lowest BCUT2D eigenvalue weighted by molar-refractivity contribution is 0.0326. The molecule has 2 aromatic carbocycles. The van der Waals surface area contributed by atoms with Gasteiger partial charge in [0.15, 0.2) is 0 Å². The third kappa shape index (κ3) is 4.43. The highest BCUT2D eigenvalue weighted by molar-refractivity contribution is 6.32. The summed E-state index contributed by atoms with van der Waals surface area (Å²) in [5, 5.41) is 0.651. The number of para-hydroxylation sites is 3. The SMILES string of the molecule is Clc1ccccc1OCCCn1c(CN2CCOCC2)nc2ccccc21. The van der Waals surface area contributed by atoms with Crippen molar-refractivity contribution in [2.24, 2.45) is 0 Å². The predicted molar refractivity (Wildman–Crippen MR) is 107 cm³/mol. The minimum absolute atomic E-state index is 0.618. The van der Waals surface area contributed by atoms with E-state index in [9.17, 15) is 0 Å². The molecule has 142 valence electrons. The molecule has 1 saturated heterocycles. The lowest BCUT2D eigenvalue weighted by Gasteiger charge is -2.26. The topological polar surface area (TPSA) is 39.5 Å². The highest BCUT2D eigenvalue weighted by atomic mass is 35.5. The van der Waals surface area contributed by atoms with E-state index in [-0.39, 0.29) is 0 Å². The maximum Gasteiger partial charge on any atom is 0.137 e. The van der Waals surface area contributed by atoms with Gasteiger partial charge >= 0.3 is 0 Å². The molecule has 0 unspecified atom stereocenters. The molecule has 0 saturated carbocycles. The molecule has 0 radical (unpaired) electrons. The summed E-state index contributed by atoms with van der Waals surface area (Å²) in [5.41, 5.74) is 2.23. The fraction of sp³-hybridized carbons (Fsp3) is 0.381. The fourth-order valence-corrected chi connectivity index (χ4v) is 3.61. The number of aromatic nitrogens is 2. The molecule has 3 aromatic rings. The number of hydrogen-bond donors (Lipinski definition) is 0. The van der Waals surface area contributed by atoms with E-state index in [4.69, 9.17) is 26.1 Å².